The summed E-state index contributed by atoms with van der Waals surface area (Å²) in [5, 5.41) is 2.53. The van der Waals surface area contributed by atoms with Crippen molar-refractivity contribution < 1.29 is 23.2 Å². The minimum atomic E-state index is -0.714. The summed E-state index contributed by atoms with van der Waals surface area (Å²) in [6.07, 6.45) is -0.379. The average molecular weight is 427 g/mol. The fourth-order valence-corrected chi connectivity index (χ4v) is 3.32. The Hall–Kier alpha value is -2.38. The number of carbonyl (C=O) groups excluding carboxylic acids is 1. The van der Waals surface area contributed by atoms with Gasteiger partial charge in [0, 0.05) is 6.42 Å². The molecule has 7 heteroatoms. The number of rotatable bonds is 4. The van der Waals surface area contributed by atoms with Crippen LogP contribution < -0.4 is 10.8 Å². The minimum absolute atomic E-state index is 0.0560. The van der Waals surface area contributed by atoms with Crippen molar-refractivity contribution in [3.8, 4) is 0 Å². The molecule has 3 rings (SSSR count). The van der Waals surface area contributed by atoms with Crippen molar-refractivity contribution in [3.63, 3.8) is 0 Å². The zero-order valence-corrected chi connectivity index (χ0v) is 19.3. The SMILES string of the molecule is CC(C)(C)OC(=O)Nc1ccc(B2OC(C)(C)C(C)(C)O2)c(Cc2ccccc2)c1F. The summed E-state index contributed by atoms with van der Waals surface area (Å²) in [6.45, 7) is 13.1. The normalized spacial score (nSPS) is 17.5. The second kappa shape index (κ2) is 8.28. The lowest BCUT2D eigenvalue weighted by Gasteiger charge is -2.32. The average Bonchev–Trinajstić information content (AvgIpc) is 2.85. The Morgan fingerprint density at radius 1 is 1.03 bits per heavy atom. The van der Waals surface area contributed by atoms with Gasteiger partial charge < -0.3 is 14.0 Å². The van der Waals surface area contributed by atoms with Gasteiger partial charge in [0.1, 0.15) is 11.4 Å². The Morgan fingerprint density at radius 2 is 1.61 bits per heavy atom. The molecule has 0 bridgehead atoms. The van der Waals surface area contributed by atoms with Crippen LogP contribution in [0.3, 0.4) is 0 Å². The highest BCUT2D eigenvalue weighted by Crippen LogP contribution is 2.37. The molecule has 1 N–H and O–H groups in total. The van der Waals surface area contributed by atoms with Crippen molar-refractivity contribution >= 4 is 24.4 Å². The maximum Gasteiger partial charge on any atom is 0.495 e. The summed E-state index contributed by atoms with van der Waals surface area (Å²) in [5.41, 5.74) is 0.231. The lowest BCUT2D eigenvalue weighted by Crippen LogP contribution is -2.41. The van der Waals surface area contributed by atoms with Crippen molar-refractivity contribution in [1.82, 2.24) is 0 Å². The van der Waals surface area contributed by atoms with Gasteiger partial charge in [-0.2, -0.15) is 0 Å². The van der Waals surface area contributed by atoms with Gasteiger partial charge in [0.05, 0.1) is 16.9 Å². The maximum absolute atomic E-state index is 15.7. The zero-order chi connectivity index (χ0) is 23.0. The molecule has 0 unspecified atom stereocenters. The summed E-state index contributed by atoms with van der Waals surface area (Å²) in [4.78, 5) is 12.2. The first-order valence-corrected chi connectivity index (χ1v) is 10.5. The number of halogens is 1. The van der Waals surface area contributed by atoms with Gasteiger partial charge in [-0.05, 0) is 71.1 Å². The fraction of sp³-hybridized carbons (Fsp3) is 0.458. The molecule has 0 spiro atoms. The van der Waals surface area contributed by atoms with E-state index in [-0.39, 0.29) is 5.69 Å². The molecule has 166 valence electrons. The number of hydrogen-bond donors (Lipinski definition) is 1. The molecular weight excluding hydrogens is 396 g/mol. The van der Waals surface area contributed by atoms with Crippen molar-refractivity contribution in [1.29, 1.82) is 0 Å². The van der Waals surface area contributed by atoms with Crippen molar-refractivity contribution in [2.45, 2.75) is 71.7 Å². The van der Waals surface area contributed by atoms with Crippen LogP contribution in [0.1, 0.15) is 59.6 Å². The Balaban J connectivity index is 1.99. The van der Waals surface area contributed by atoms with Gasteiger partial charge in [-0.15, -0.1) is 0 Å². The summed E-state index contributed by atoms with van der Waals surface area (Å²) < 4.78 is 33.3. The van der Waals surface area contributed by atoms with E-state index in [1.807, 2.05) is 58.0 Å². The molecule has 0 atom stereocenters. The molecule has 1 fully saturated rings. The van der Waals surface area contributed by atoms with E-state index in [1.54, 1.807) is 26.8 Å². The van der Waals surface area contributed by atoms with E-state index in [2.05, 4.69) is 5.32 Å². The van der Waals surface area contributed by atoms with Gasteiger partial charge in [0.15, 0.2) is 0 Å². The van der Waals surface area contributed by atoms with Crippen molar-refractivity contribution in [2.75, 3.05) is 5.32 Å². The first kappa shape index (κ1) is 23.3. The van der Waals surface area contributed by atoms with Gasteiger partial charge in [0.25, 0.3) is 0 Å². The molecule has 0 aliphatic carbocycles. The summed E-state index contributed by atoms with van der Waals surface area (Å²) in [6, 6.07) is 12.9. The molecule has 1 aliphatic heterocycles. The molecule has 31 heavy (non-hydrogen) atoms. The van der Waals surface area contributed by atoms with Crippen molar-refractivity contribution in [2.24, 2.45) is 0 Å². The predicted molar refractivity (Wildman–Crippen MR) is 121 cm³/mol. The first-order valence-electron chi connectivity index (χ1n) is 10.5. The second-order valence-corrected chi connectivity index (χ2v) is 9.87. The highest BCUT2D eigenvalue weighted by molar-refractivity contribution is 6.62. The molecule has 1 aliphatic rings. The van der Waals surface area contributed by atoms with Crippen LogP contribution in [0.2, 0.25) is 0 Å². The molecule has 1 saturated heterocycles. The largest absolute Gasteiger partial charge is 0.495 e. The van der Waals surface area contributed by atoms with Crippen molar-refractivity contribution in [3.05, 3.63) is 59.4 Å². The Morgan fingerprint density at radius 3 is 2.16 bits per heavy atom. The number of nitrogens with one attached hydrogen (secondary N) is 1. The monoisotopic (exact) mass is 427 g/mol. The number of carbonyl (C=O) groups is 1. The molecular formula is C24H31BFNO4. The van der Waals surface area contributed by atoms with Crippen LogP contribution >= 0.6 is 0 Å². The number of ether oxygens (including phenoxy) is 1. The van der Waals surface area contributed by atoms with Gasteiger partial charge in [-0.3, -0.25) is 5.32 Å². The highest BCUT2D eigenvalue weighted by Gasteiger charge is 2.52. The predicted octanol–water partition coefficient (Wildman–Crippen LogP) is 5.06. The molecule has 0 aromatic heterocycles. The van der Waals surface area contributed by atoms with E-state index >= 15 is 4.39 Å². The molecule has 2 aromatic rings. The summed E-state index contributed by atoms with van der Waals surface area (Å²) in [5.74, 6) is -0.526. The summed E-state index contributed by atoms with van der Waals surface area (Å²) in [7, 11) is -0.714. The smallest absolute Gasteiger partial charge is 0.444 e. The third-order valence-electron chi connectivity index (χ3n) is 5.65. The van der Waals surface area contributed by atoms with Gasteiger partial charge >= 0.3 is 13.2 Å². The van der Waals surface area contributed by atoms with Crippen LogP contribution in [-0.2, 0) is 20.5 Å². The van der Waals surface area contributed by atoms with E-state index in [0.717, 1.165) is 5.56 Å². The van der Waals surface area contributed by atoms with Crippen LogP contribution in [-0.4, -0.2) is 30.0 Å². The molecule has 2 aromatic carbocycles. The van der Waals surface area contributed by atoms with E-state index in [1.165, 1.54) is 6.07 Å². The van der Waals surface area contributed by atoms with E-state index in [4.69, 9.17) is 14.0 Å². The highest BCUT2D eigenvalue weighted by atomic mass is 19.1. The summed E-state index contributed by atoms with van der Waals surface area (Å²) >= 11 is 0. The molecule has 0 saturated carbocycles. The van der Waals surface area contributed by atoms with Crippen LogP contribution in [0.5, 0.6) is 0 Å². The molecule has 0 radical (unpaired) electrons. The minimum Gasteiger partial charge on any atom is -0.444 e. The third kappa shape index (κ3) is 5.28. The van der Waals surface area contributed by atoms with Crippen LogP contribution in [0, 0.1) is 5.82 Å². The number of benzene rings is 2. The second-order valence-electron chi connectivity index (χ2n) is 9.87. The molecule has 5 nitrogen and oxygen atoms in total. The van der Waals surface area contributed by atoms with Crippen LogP contribution in [0.25, 0.3) is 0 Å². The fourth-order valence-electron chi connectivity index (χ4n) is 3.32. The van der Waals surface area contributed by atoms with Crippen LogP contribution in [0.15, 0.2) is 42.5 Å². The van der Waals surface area contributed by atoms with Gasteiger partial charge in [-0.25, -0.2) is 9.18 Å². The maximum atomic E-state index is 15.7. The lowest BCUT2D eigenvalue weighted by atomic mass is 9.74. The van der Waals surface area contributed by atoms with E-state index in [9.17, 15) is 4.79 Å². The van der Waals surface area contributed by atoms with Gasteiger partial charge in [-0.1, -0.05) is 36.4 Å². The molecule has 1 amide bonds. The standard InChI is InChI=1S/C24H31BFNO4/c1-22(2,3)29-21(28)27-19-14-13-18(25-30-23(4,5)24(6,7)31-25)17(20(19)26)15-16-11-9-8-10-12-16/h8-14H,15H2,1-7H3,(H,27,28). The lowest BCUT2D eigenvalue weighted by molar-refractivity contribution is 0.00578. The number of hydrogen-bond acceptors (Lipinski definition) is 4. The quantitative estimate of drug-likeness (QED) is 0.693. The van der Waals surface area contributed by atoms with Crippen LogP contribution in [0.4, 0.5) is 14.9 Å². The van der Waals surface area contributed by atoms with E-state index in [0.29, 0.717) is 17.4 Å². The van der Waals surface area contributed by atoms with E-state index < -0.39 is 35.8 Å². The third-order valence-corrected chi connectivity index (χ3v) is 5.65. The Bertz CT molecular complexity index is 938. The number of anilines is 1. The number of amides is 1. The topological polar surface area (TPSA) is 56.8 Å². The Kier molecular flexibility index (Phi) is 6.22. The zero-order valence-electron chi connectivity index (χ0n) is 19.3. The van der Waals surface area contributed by atoms with Gasteiger partial charge in [0.2, 0.25) is 0 Å². The Labute approximate surface area is 184 Å². The molecule has 1 heterocycles. The first-order chi connectivity index (χ1) is 14.3.